The van der Waals surface area contributed by atoms with E-state index >= 15 is 0 Å². The van der Waals surface area contributed by atoms with Gasteiger partial charge in [0.2, 0.25) is 0 Å². The number of nitrogens with zero attached hydrogens (tertiary/aromatic N) is 4. The summed E-state index contributed by atoms with van der Waals surface area (Å²) in [5.41, 5.74) is 0.586. The molecule has 0 bridgehead atoms. The van der Waals surface area contributed by atoms with Crippen LogP contribution in [-0.4, -0.2) is 27.2 Å². The Hall–Kier alpha value is -1.82. The van der Waals surface area contributed by atoms with Gasteiger partial charge in [-0.15, -0.1) is 0 Å². The van der Waals surface area contributed by atoms with Gasteiger partial charge in [0.25, 0.3) is 5.89 Å². The molecule has 0 spiro atoms. The second-order valence-electron chi connectivity index (χ2n) is 2.64. The van der Waals surface area contributed by atoms with Gasteiger partial charge in [0.1, 0.15) is 5.69 Å². The van der Waals surface area contributed by atoms with Crippen molar-refractivity contribution in [1.29, 1.82) is 0 Å². The topological polar surface area (TPSA) is 76.7 Å². The average molecular weight is 191 g/mol. The van der Waals surface area contributed by atoms with E-state index < -0.39 is 0 Å². The van der Waals surface area contributed by atoms with Gasteiger partial charge in [-0.05, 0) is 7.05 Å². The third-order valence-electron chi connectivity index (χ3n) is 1.59. The molecule has 0 amide bonds. The summed E-state index contributed by atoms with van der Waals surface area (Å²) in [7, 11) is 1.82. The number of hydrogen-bond donors (Lipinski definition) is 1. The molecule has 2 aromatic heterocycles. The zero-order valence-electron chi connectivity index (χ0n) is 7.64. The Labute approximate surface area is 80.4 Å². The Balaban J connectivity index is 2.25. The molecular formula is C8H9N5O. The summed E-state index contributed by atoms with van der Waals surface area (Å²) in [6.45, 7) is 0.573. The predicted octanol–water partition coefficient (Wildman–Crippen LogP) is 0.246. The zero-order valence-corrected chi connectivity index (χ0v) is 7.64. The maximum atomic E-state index is 5.00. The molecule has 1 N–H and O–H groups in total. The summed E-state index contributed by atoms with van der Waals surface area (Å²) in [6, 6.07) is 0. The second kappa shape index (κ2) is 3.93. The van der Waals surface area contributed by atoms with Gasteiger partial charge in [0, 0.05) is 12.4 Å². The van der Waals surface area contributed by atoms with E-state index in [1.165, 1.54) is 0 Å². The third-order valence-corrected chi connectivity index (χ3v) is 1.59. The van der Waals surface area contributed by atoms with Crippen LogP contribution in [0.2, 0.25) is 0 Å². The third kappa shape index (κ3) is 1.74. The van der Waals surface area contributed by atoms with E-state index in [4.69, 9.17) is 4.52 Å². The van der Waals surface area contributed by atoms with Crippen LogP contribution in [0, 0.1) is 0 Å². The molecule has 0 unspecified atom stereocenters. The number of nitrogens with one attached hydrogen (secondary N) is 1. The molecule has 0 aliphatic heterocycles. The first kappa shape index (κ1) is 8.76. The first-order valence-electron chi connectivity index (χ1n) is 4.13. The van der Waals surface area contributed by atoms with Crippen LogP contribution in [0.15, 0.2) is 23.1 Å². The van der Waals surface area contributed by atoms with E-state index in [2.05, 4.69) is 25.4 Å². The van der Waals surface area contributed by atoms with Crippen molar-refractivity contribution < 1.29 is 4.52 Å². The van der Waals surface area contributed by atoms with E-state index in [9.17, 15) is 0 Å². The SMILES string of the molecule is CNCc1noc(-c2cnccn2)n1. The molecule has 0 fully saturated rings. The quantitative estimate of drug-likeness (QED) is 0.749. The van der Waals surface area contributed by atoms with Gasteiger partial charge in [0.05, 0.1) is 12.7 Å². The first-order valence-corrected chi connectivity index (χ1v) is 4.13. The van der Waals surface area contributed by atoms with Gasteiger partial charge in [-0.2, -0.15) is 4.98 Å². The van der Waals surface area contributed by atoms with Crippen molar-refractivity contribution in [2.75, 3.05) is 7.05 Å². The second-order valence-corrected chi connectivity index (χ2v) is 2.64. The van der Waals surface area contributed by atoms with Gasteiger partial charge < -0.3 is 9.84 Å². The standard InChI is InChI=1S/C8H9N5O/c1-9-5-7-12-8(14-13-7)6-4-10-2-3-11-6/h2-4,9H,5H2,1H3. The van der Waals surface area contributed by atoms with Crippen LogP contribution in [-0.2, 0) is 6.54 Å². The summed E-state index contributed by atoms with van der Waals surface area (Å²) >= 11 is 0. The molecule has 2 rings (SSSR count). The molecule has 72 valence electrons. The van der Waals surface area contributed by atoms with Crippen LogP contribution in [0.1, 0.15) is 5.82 Å². The molecule has 0 aliphatic rings. The summed E-state index contributed by atoms with van der Waals surface area (Å²) < 4.78 is 5.00. The minimum Gasteiger partial charge on any atom is -0.332 e. The lowest BCUT2D eigenvalue weighted by atomic mass is 10.4. The Morgan fingerprint density at radius 3 is 3.07 bits per heavy atom. The molecule has 6 heteroatoms. The maximum absolute atomic E-state index is 5.00. The first-order chi connectivity index (χ1) is 6.90. The van der Waals surface area contributed by atoms with Crippen molar-refractivity contribution in [2.24, 2.45) is 0 Å². The van der Waals surface area contributed by atoms with Crippen LogP contribution in [0.5, 0.6) is 0 Å². The highest BCUT2D eigenvalue weighted by molar-refractivity contribution is 5.43. The number of rotatable bonds is 3. The Bertz CT molecular complexity index is 399. The highest BCUT2D eigenvalue weighted by Gasteiger charge is 2.08. The van der Waals surface area contributed by atoms with Gasteiger partial charge in [0.15, 0.2) is 5.82 Å². The molecule has 6 nitrogen and oxygen atoms in total. The highest BCUT2D eigenvalue weighted by Crippen LogP contribution is 2.11. The highest BCUT2D eigenvalue weighted by atomic mass is 16.5. The van der Waals surface area contributed by atoms with Crippen molar-refractivity contribution in [1.82, 2.24) is 25.4 Å². The van der Waals surface area contributed by atoms with Crippen molar-refractivity contribution in [3.05, 3.63) is 24.4 Å². The minimum absolute atomic E-state index is 0.392. The molecule has 0 saturated carbocycles. The van der Waals surface area contributed by atoms with Gasteiger partial charge >= 0.3 is 0 Å². The molecule has 0 aliphatic carbocycles. The van der Waals surface area contributed by atoms with Crippen LogP contribution in [0.4, 0.5) is 0 Å². The van der Waals surface area contributed by atoms with Crippen LogP contribution < -0.4 is 5.32 Å². The molecule has 14 heavy (non-hydrogen) atoms. The van der Waals surface area contributed by atoms with Crippen molar-refractivity contribution in [3.63, 3.8) is 0 Å². The molecular weight excluding hydrogens is 182 g/mol. The zero-order chi connectivity index (χ0) is 9.80. The monoisotopic (exact) mass is 191 g/mol. The lowest BCUT2D eigenvalue weighted by Gasteiger charge is -1.89. The Morgan fingerprint density at radius 1 is 1.43 bits per heavy atom. The molecule has 0 aromatic carbocycles. The van der Waals surface area contributed by atoms with Crippen LogP contribution in [0.25, 0.3) is 11.6 Å². The normalized spacial score (nSPS) is 10.4. The van der Waals surface area contributed by atoms with Crippen LogP contribution >= 0.6 is 0 Å². The Morgan fingerprint density at radius 2 is 2.36 bits per heavy atom. The fraction of sp³-hybridized carbons (Fsp3) is 0.250. The van der Waals surface area contributed by atoms with Gasteiger partial charge in [-0.3, -0.25) is 4.98 Å². The number of hydrogen-bond acceptors (Lipinski definition) is 6. The lowest BCUT2D eigenvalue weighted by molar-refractivity contribution is 0.419. The van der Waals surface area contributed by atoms with E-state index in [0.717, 1.165) is 0 Å². The lowest BCUT2D eigenvalue weighted by Crippen LogP contribution is -2.06. The van der Waals surface area contributed by atoms with Gasteiger partial charge in [-0.1, -0.05) is 5.16 Å². The summed E-state index contributed by atoms with van der Waals surface area (Å²) in [6.07, 6.45) is 4.75. The molecule has 0 radical (unpaired) electrons. The van der Waals surface area contributed by atoms with E-state index in [1.807, 2.05) is 7.05 Å². The van der Waals surface area contributed by atoms with Crippen molar-refractivity contribution in [2.45, 2.75) is 6.54 Å². The largest absolute Gasteiger partial charge is 0.332 e. The maximum Gasteiger partial charge on any atom is 0.278 e. The van der Waals surface area contributed by atoms with E-state index in [-0.39, 0.29) is 0 Å². The molecule has 0 saturated heterocycles. The molecule has 0 atom stereocenters. The van der Waals surface area contributed by atoms with Gasteiger partial charge in [-0.25, -0.2) is 4.98 Å². The minimum atomic E-state index is 0.392. The van der Waals surface area contributed by atoms with Crippen LogP contribution in [0.3, 0.4) is 0 Å². The summed E-state index contributed by atoms with van der Waals surface area (Å²) in [5.74, 6) is 0.997. The average Bonchev–Trinajstić information content (AvgIpc) is 2.68. The predicted molar refractivity (Wildman–Crippen MR) is 48.1 cm³/mol. The summed E-state index contributed by atoms with van der Waals surface area (Å²) in [4.78, 5) is 12.1. The van der Waals surface area contributed by atoms with Crippen molar-refractivity contribution in [3.8, 4) is 11.6 Å². The number of aromatic nitrogens is 4. The van der Waals surface area contributed by atoms with Crippen molar-refractivity contribution >= 4 is 0 Å². The fourth-order valence-corrected chi connectivity index (χ4v) is 0.997. The van der Waals surface area contributed by atoms with E-state index in [1.54, 1.807) is 18.6 Å². The molecule has 2 aromatic rings. The smallest absolute Gasteiger partial charge is 0.278 e. The van der Waals surface area contributed by atoms with E-state index in [0.29, 0.717) is 24.0 Å². The Kier molecular flexibility index (Phi) is 2.46. The summed E-state index contributed by atoms with van der Waals surface area (Å²) in [5, 5.41) is 6.69. The fourth-order valence-electron chi connectivity index (χ4n) is 0.997. The molecule has 2 heterocycles.